The molecule has 0 spiro atoms. The van der Waals surface area contributed by atoms with Crippen molar-refractivity contribution in [3.05, 3.63) is 39.2 Å². The number of nitrogens with zero attached hydrogens (tertiary/aromatic N) is 2. The highest BCUT2D eigenvalue weighted by Gasteiger charge is 2.20. The molecular weight excluding hydrogens is 276 g/mol. The zero-order chi connectivity index (χ0) is 13.4. The summed E-state index contributed by atoms with van der Waals surface area (Å²) in [5, 5.41) is 10.9. The van der Waals surface area contributed by atoms with E-state index in [1.807, 2.05) is 12.1 Å². The van der Waals surface area contributed by atoms with Gasteiger partial charge in [-0.15, -0.1) is 11.3 Å². The molecule has 2 nitrogen and oxygen atoms in total. The van der Waals surface area contributed by atoms with Gasteiger partial charge in [-0.2, -0.15) is 5.26 Å². The molecule has 0 saturated heterocycles. The fourth-order valence-electron chi connectivity index (χ4n) is 2.62. The maximum atomic E-state index is 8.72. The molecule has 0 aliphatic carbocycles. The van der Waals surface area contributed by atoms with Gasteiger partial charge < -0.3 is 4.90 Å². The molecule has 96 valence electrons. The first kappa shape index (κ1) is 12.7. The summed E-state index contributed by atoms with van der Waals surface area (Å²) in [5.41, 5.74) is 2.57. The van der Waals surface area contributed by atoms with Crippen LogP contribution in [0.25, 0.3) is 16.2 Å². The average molecular weight is 289 g/mol. The van der Waals surface area contributed by atoms with Crippen LogP contribution in [0.15, 0.2) is 18.2 Å². The summed E-state index contributed by atoms with van der Waals surface area (Å²) >= 11 is 8.10. The van der Waals surface area contributed by atoms with Crippen LogP contribution in [0, 0.1) is 11.3 Å². The fourth-order valence-corrected chi connectivity index (χ4v) is 4.02. The predicted octanol–water partition coefficient (Wildman–Crippen LogP) is 4.08. The van der Waals surface area contributed by atoms with Crippen molar-refractivity contribution in [3.8, 4) is 6.07 Å². The molecule has 0 atom stereocenters. The molecule has 0 saturated carbocycles. The van der Waals surface area contributed by atoms with Crippen molar-refractivity contribution in [2.75, 3.05) is 13.6 Å². The van der Waals surface area contributed by atoms with Crippen LogP contribution in [0.4, 0.5) is 0 Å². The minimum atomic E-state index is 0.859. The number of rotatable bonds is 1. The van der Waals surface area contributed by atoms with Crippen LogP contribution in [0.2, 0.25) is 5.02 Å². The first-order valence-corrected chi connectivity index (χ1v) is 7.37. The van der Waals surface area contributed by atoms with Crippen LogP contribution in [0.1, 0.15) is 16.0 Å². The molecule has 0 radical (unpaired) electrons. The molecule has 0 N–H and O–H groups in total. The van der Waals surface area contributed by atoms with E-state index in [1.165, 1.54) is 26.1 Å². The van der Waals surface area contributed by atoms with Crippen LogP contribution in [-0.4, -0.2) is 18.5 Å². The molecule has 0 unspecified atom stereocenters. The van der Waals surface area contributed by atoms with E-state index in [0.29, 0.717) is 0 Å². The van der Waals surface area contributed by atoms with Gasteiger partial charge in [0.05, 0.1) is 6.07 Å². The molecule has 2 aromatic rings. The Hall–Kier alpha value is -1.34. The van der Waals surface area contributed by atoms with Gasteiger partial charge in [-0.25, -0.2) is 0 Å². The summed E-state index contributed by atoms with van der Waals surface area (Å²) in [4.78, 5) is 3.48. The normalized spacial score (nSPS) is 15.8. The second-order valence-electron chi connectivity index (χ2n) is 4.79. The largest absolute Gasteiger partial charge is 0.302 e. The van der Waals surface area contributed by atoms with E-state index in [1.54, 1.807) is 17.4 Å². The third kappa shape index (κ3) is 2.17. The van der Waals surface area contributed by atoms with Crippen molar-refractivity contribution in [2.24, 2.45) is 0 Å². The second kappa shape index (κ2) is 4.97. The number of allylic oxidation sites excluding steroid dienone is 1. The monoisotopic (exact) mass is 288 g/mol. The number of thiophene rings is 1. The Morgan fingerprint density at radius 1 is 1.42 bits per heavy atom. The molecule has 0 fully saturated rings. The molecule has 1 aliphatic rings. The van der Waals surface area contributed by atoms with Gasteiger partial charge in [0.25, 0.3) is 0 Å². The summed E-state index contributed by atoms with van der Waals surface area (Å²) in [5.74, 6) is 0. The molecule has 19 heavy (non-hydrogen) atoms. The molecule has 2 heterocycles. The average Bonchev–Trinajstić information content (AvgIpc) is 2.62. The standard InChI is InChI=1S/C15H13ClN2S/c1-18-8-6-10-12(16)4-5-14-15(10)11(9-18)13(19-14)3-2-7-17/h2-5H,6,8-9H2,1H3. The van der Waals surface area contributed by atoms with Gasteiger partial charge in [0.1, 0.15) is 0 Å². The summed E-state index contributed by atoms with van der Waals surface area (Å²) in [7, 11) is 2.13. The maximum Gasteiger partial charge on any atom is 0.0912 e. The minimum Gasteiger partial charge on any atom is -0.302 e. The number of halogens is 1. The van der Waals surface area contributed by atoms with E-state index >= 15 is 0 Å². The number of benzene rings is 1. The summed E-state index contributed by atoms with van der Waals surface area (Å²) in [6, 6.07) is 6.15. The van der Waals surface area contributed by atoms with Gasteiger partial charge in [-0.05, 0) is 42.8 Å². The summed E-state index contributed by atoms with van der Waals surface area (Å²) < 4.78 is 1.27. The number of nitriles is 1. The van der Waals surface area contributed by atoms with Crippen LogP contribution in [0.3, 0.4) is 0 Å². The maximum absolute atomic E-state index is 8.72. The molecule has 1 aromatic carbocycles. The van der Waals surface area contributed by atoms with Crippen molar-refractivity contribution in [1.82, 2.24) is 4.90 Å². The third-order valence-electron chi connectivity index (χ3n) is 3.52. The topological polar surface area (TPSA) is 27.0 Å². The smallest absolute Gasteiger partial charge is 0.0912 e. The van der Waals surface area contributed by atoms with Crippen LogP contribution >= 0.6 is 22.9 Å². The molecule has 0 bridgehead atoms. The van der Waals surface area contributed by atoms with Crippen LogP contribution < -0.4 is 0 Å². The van der Waals surface area contributed by atoms with Crippen molar-refractivity contribution in [1.29, 1.82) is 5.26 Å². The Bertz CT molecular complexity index is 709. The summed E-state index contributed by atoms with van der Waals surface area (Å²) in [6.07, 6.45) is 4.45. The number of hydrogen-bond donors (Lipinski definition) is 0. The molecular formula is C15H13ClN2S. The minimum absolute atomic E-state index is 0.859. The lowest BCUT2D eigenvalue weighted by molar-refractivity contribution is 0.337. The van der Waals surface area contributed by atoms with Gasteiger partial charge in [-0.3, -0.25) is 0 Å². The highest BCUT2D eigenvalue weighted by atomic mass is 35.5. The Labute approximate surface area is 121 Å². The molecule has 1 aliphatic heterocycles. The number of hydrogen-bond acceptors (Lipinski definition) is 3. The third-order valence-corrected chi connectivity index (χ3v) is 5.03. The van der Waals surface area contributed by atoms with Gasteiger partial charge in [0.15, 0.2) is 0 Å². The van der Waals surface area contributed by atoms with E-state index < -0.39 is 0 Å². The van der Waals surface area contributed by atoms with Crippen molar-refractivity contribution < 1.29 is 0 Å². The summed E-state index contributed by atoms with van der Waals surface area (Å²) in [6.45, 7) is 1.93. The van der Waals surface area contributed by atoms with Crippen molar-refractivity contribution in [3.63, 3.8) is 0 Å². The zero-order valence-corrected chi connectivity index (χ0v) is 12.2. The van der Waals surface area contributed by atoms with Gasteiger partial charge in [0.2, 0.25) is 0 Å². The molecule has 0 amide bonds. The van der Waals surface area contributed by atoms with Crippen LogP contribution in [0.5, 0.6) is 0 Å². The quantitative estimate of drug-likeness (QED) is 0.739. The van der Waals surface area contributed by atoms with E-state index in [9.17, 15) is 0 Å². The Morgan fingerprint density at radius 3 is 3.05 bits per heavy atom. The highest BCUT2D eigenvalue weighted by Crippen LogP contribution is 2.39. The lowest BCUT2D eigenvalue weighted by Crippen LogP contribution is -2.18. The van der Waals surface area contributed by atoms with Gasteiger partial charge in [-0.1, -0.05) is 11.6 Å². The number of likely N-dealkylation sites (N-methyl/N-ethyl adjacent to an activating group) is 1. The van der Waals surface area contributed by atoms with Crippen LogP contribution in [-0.2, 0) is 13.0 Å². The second-order valence-corrected chi connectivity index (χ2v) is 6.29. The van der Waals surface area contributed by atoms with Crippen molar-refractivity contribution >= 4 is 39.1 Å². The Kier molecular flexibility index (Phi) is 3.32. The lowest BCUT2D eigenvalue weighted by atomic mass is 10.0. The Morgan fingerprint density at radius 2 is 2.26 bits per heavy atom. The fraction of sp³-hybridized carbons (Fsp3) is 0.267. The molecule has 3 rings (SSSR count). The van der Waals surface area contributed by atoms with Gasteiger partial charge in [0, 0.05) is 39.2 Å². The zero-order valence-electron chi connectivity index (χ0n) is 10.6. The SMILES string of the molecule is CN1CCc2c(Cl)ccc3sc(C=CC#N)c(c23)C1. The van der Waals surface area contributed by atoms with E-state index in [-0.39, 0.29) is 0 Å². The molecule has 4 heteroatoms. The first-order valence-electron chi connectivity index (χ1n) is 6.18. The van der Waals surface area contributed by atoms with Gasteiger partial charge >= 0.3 is 0 Å². The molecule has 1 aromatic heterocycles. The van der Waals surface area contributed by atoms with Crippen molar-refractivity contribution in [2.45, 2.75) is 13.0 Å². The van der Waals surface area contributed by atoms with E-state index in [0.717, 1.165) is 24.5 Å². The van der Waals surface area contributed by atoms with E-state index in [4.69, 9.17) is 16.9 Å². The predicted molar refractivity (Wildman–Crippen MR) is 81.5 cm³/mol. The Balaban J connectivity index is 2.31. The van der Waals surface area contributed by atoms with E-state index in [2.05, 4.69) is 24.1 Å². The first-order chi connectivity index (χ1) is 9.20. The lowest BCUT2D eigenvalue weighted by Gasteiger charge is -2.13. The highest BCUT2D eigenvalue weighted by molar-refractivity contribution is 7.20.